The fourth-order valence-electron chi connectivity index (χ4n) is 1.76. The Labute approximate surface area is 105 Å². The van der Waals surface area contributed by atoms with Crippen molar-refractivity contribution >= 4 is 22.5 Å². The van der Waals surface area contributed by atoms with Crippen LogP contribution in [0, 0.1) is 0 Å². The van der Waals surface area contributed by atoms with E-state index < -0.39 is 5.91 Å². The molecule has 0 atom stereocenters. The molecule has 0 fully saturated rings. The summed E-state index contributed by atoms with van der Waals surface area (Å²) in [5, 5.41) is 17.8. The lowest BCUT2D eigenvalue weighted by Gasteiger charge is -2.04. The number of amides is 1. The standard InChI is InChI=1S/C13H15N3O2/c1-7(2)9-4-5-11-10(6-9)12(13(18)14-11)16-15-8(3)17/h4-7,14,18H,1-3H3. The third-order valence-electron chi connectivity index (χ3n) is 2.73. The maximum Gasteiger partial charge on any atom is 0.261 e. The predicted molar refractivity (Wildman–Crippen MR) is 69.2 cm³/mol. The van der Waals surface area contributed by atoms with Crippen LogP contribution in [-0.4, -0.2) is 16.0 Å². The van der Waals surface area contributed by atoms with Gasteiger partial charge < -0.3 is 10.1 Å². The van der Waals surface area contributed by atoms with Gasteiger partial charge in [-0.05, 0) is 23.6 Å². The number of aromatic nitrogens is 1. The molecule has 1 aromatic heterocycles. The number of carbonyl (C=O) groups excluding carboxylic acids is 1. The van der Waals surface area contributed by atoms with Gasteiger partial charge in [0.05, 0.1) is 5.52 Å². The summed E-state index contributed by atoms with van der Waals surface area (Å²) in [5.41, 5.74) is 2.22. The predicted octanol–water partition coefficient (Wildman–Crippen LogP) is 3.63. The first kappa shape index (κ1) is 12.3. The molecule has 0 aliphatic rings. The van der Waals surface area contributed by atoms with Gasteiger partial charge in [0.15, 0.2) is 5.69 Å². The van der Waals surface area contributed by atoms with Crippen molar-refractivity contribution in [2.75, 3.05) is 0 Å². The van der Waals surface area contributed by atoms with Gasteiger partial charge in [-0.25, -0.2) is 0 Å². The maximum absolute atomic E-state index is 10.8. The van der Waals surface area contributed by atoms with Crippen molar-refractivity contribution in [1.29, 1.82) is 0 Å². The number of nitrogens with zero attached hydrogens (tertiary/aromatic N) is 2. The van der Waals surface area contributed by atoms with Crippen molar-refractivity contribution in [1.82, 2.24) is 4.98 Å². The van der Waals surface area contributed by atoms with E-state index in [2.05, 4.69) is 29.1 Å². The monoisotopic (exact) mass is 245 g/mol. The number of carbonyl (C=O) groups is 1. The minimum absolute atomic E-state index is 0.0732. The van der Waals surface area contributed by atoms with Crippen LogP contribution < -0.4 is 0 Å². The normalized spacial score (nSPS) is 11.8. The Morgan fingerprint density at radius 3 is 2.72 bits per heavy atom. The molecule has 18 heavy (non-hydrogen) atoms. The van der Waals surface area contributed by atoms with Crippen LogP contribution in [0.25, 0.3) is 10.9 Å². The molecule has 5 heteroatoms. The van der Waals surface area contributed by atoms with Gasteiger partial charge in [-0.1, -0.05) is 19.9 Å². The topological polar surface area (TPSA) is 77.8 Å². The number of azo groups is 1. The summed E-state index contributed by atoms with van der Waals surface area (Å²) in [7, 11) is 0. The largest absolute Gasteiger partial charge is 0.493 e. The molecule has 5 nitrogen and oxygen atoms in total. The molecule has 0 aliphatic heterocycles. The number of rotatable bonds is 2. The summed E-state index contributed by atoms with van der Waals surface area (Å²) < 4.78 is 0. The van der Waals surface area contributed by atoms with Gasteiger partial charge in [0.1, 0.15) is 0 Å². The molecule has 2 rings (SSSR count). The number of nitrogens with one attached hydrogen (secondary N) is 1. The molecule has 0 saturated heterocycles. The minimum Gasteiger partial charge on any atom is -0.493 e. The van der Waals surface area contributed by atoms with Gasteiger partial charge in [0, 0.05) is 12.3 Å². The SMILES string of the molecule is CC(=O)N=Nc1c(O)[nH]c2ccc(C(C)C)cc12. The second-order valence-electron chi connectivity index (χ2n) is 4.50. The Morgan fingerprint density at radius 2 is 2.11 bits per heavy atom. The zero-order chi connectivity index (χ0) is 13.3. The second-order valence-corrected chi connectivity index (χ2v) is 4.50. The third-order valence-corrected chi connectivity index (χ3v) is 2.73. The van der Waals surface area contributed by atoms with E-state index in [1.807, 2.05) is 18.2 Å². The molecular weight excluding hydrogens is 230 g/mol. The fraction of sp³-hybridized carbons (Fsp3) is 0.308. The zero-order valence-corrected chi connectivity index (χ0v) is 10.6. The van der Waals surface area contributed by atoms with Crippen molar-refractivity contribution in [3.8, 4) is 5.88 Å². The van der Waals surface area contributed by atoms with Crippen molar-refractivity contribution in [3.05, 3.63) is 23.8 Å². The van der Waals surface area contributed by atoms with Crippen LogP contribution in [0.1, 0.15) is 32.3 Å². The number of H-pyrrole nitrogens is 1. The highest BCUT2D eigenvalue weighted by molar-refractivity contribution is 5.94. The van der Waals surface area contributed by atoms with Gasteiger partial charge in [0.25, 0.3) is 5.91 Å². The van der Waals surface area contributed by atoms with Crippen LogP contribution in [0.3, 0.4) is 0 Å². The molecule has 0 unspecified atom stereocenters. The molecule has 0 radical (unpaired) electrons. The van der Waals surface area contributed by atoms with Crippen molar-refractivity contribution in [3.63, 3.8) is 0 Å². The van der Waals surface area contributed by atoms with Gasteiger partial charge in [-0.2, -0.15) is 0 Å². The number of benzene rings is 1. The summed E-state index contributed by atoms with van der Waals surface area (Å²) in [6, 6.07) is 5.83. The van der Waals surface area contributed by atoms with E-state index in [4.69, 9.17) is 0 Å². The number of fused-ring (bicyclic) bond motifs is 1. The Bertz CT molecular complexity index is 626. The fourth-order valence-corrected chi connectivity index (χ4v) is 1.76. The molecular formula is C13H15N3O2. The summed E-state index contributed by atoms with van der Waals surface area (Å²) in [4.78, 5) is 13.6. The molecule has 1 amide bonds. The van der Waals surface area contributed by atoms with Crippen molar-refractivity contribution in [2.24, 2.45) is 10.2 Å². The van der Waals surface area contributed by atoms with Crippen molar-refractivity contribution < 1.29 is 9.90 Å². The van der Waals surface area contributed by atoms with E-state index in [0.717, 1.165) is 16.5 Å². The van der Waals surface area contributed by atoms with Crippen LogP contribution in [0.4, 0.5) is 5.69 Å². The smallest absolute Gasteiger partial charge is 0.261 e. The first-order valence-electron chi connectivity index (χ1n) is 5.76. The minimum atomic E-state index is -0.399. The lowest BCUT2D eigenvalue weighted by Crippen LogP contribution is -1.85. The van der Waals surface area contributed by atoms with E-state index in [9.17, 15) is 9.90 Å². The molecule has 0 saturated carbocycles. The third kappa shape index (κ3) is 2.25. The van der Waals surface area contributed by atoms with Crippen LogP contribution in [0.2, 0.25) is 0 Å². The molecule has 1 heterocycles. The van der Waals surface area contributed by atoms with Crippen LogP contribution in [-0.2, 0) is 4.79 Å². The molecule has 1 aromatic carbocycles. The molecule has 0 bridgehead atoms. The zero-order valence-electron chi connectivity index (χ0n) is 10.6. The molecule has 94 valence electrons. The van der Waals surface area contributed by atoms with E-state index in [0.29, 0.717) is 11.6 Å². The highest BCUT2D eigenvalue weighted by Gasteiger charge is 2.12. The second kappa shape index (κ2) is 4.60. The van der Waals surface area contributed by atoms with E-state index in [1.165, 1.54) is 6.92 Å². The Kier molecular flexibility index (Phi) is 3.14. The Morgan fingerprint density at radius 1 is 1.39 bits per heavy atom. The van der Waals surface area contributed by atoms with Crippen LogP contribution >= 0.6 is 0 Å². The lowest BCUT2D eigenvalue weighted by molar-refractivity contribution is -0.116. The quantitative estimate of drug-likeness (QED) is 0.792. The Hall–Kier alpha value is -2.17. The summed E-state index contributed by atoms with van der Waals surface area (Å²) >= 11 is 0. The molecule has 0 spiro atoms. The van der Waals surface area contributed by atoms with Gasteiger partial charge >= 0.3 is 0 Å². The van der Waals surface area contributed by atoms with Crippen molar-refractivity contribution in [2.45, 2.75) is 26.7 Å². The van der Waals surface area contributed by atoms with Crippen LogP contribution in [0.5, 0.6) is 5.88 Å². The van der Waals surface area contributed by atoms with E-state index in [-0.39, 0.29) is 5.88 Å². The van der Waals surface area contributed by atoms with Gasteiger partial charge in [-0.15, -0.1) is 10.2 Å². The number of hydrogen-bond acceptors (Lipinski definition) is 3. The maximum atomic E-state index is 10.8. The molecule has 2 aromatic rings. The summed E-state index contributed by atoms with van der Waals surface area (Å²) in [6.45, 7) is 5.49. The number of aromatic amines is 1. The number of aromatic hydroxyl groups is 1. The van der Waals surface area contributed by atoms with E-state index >= 15 is 0 Å². The highest BCUT2D eigenvalue weighted by atomic mass is 16.3. The summed E-state index contributed by atoms with van der Waals surface area (Å²) in [5.74, 6) is -0.0938. The average molecular weight is 245 g/mol. The Balaban J connectivity index is 2.60. The van der Waals surface area contributed by atoms with Crippen LogP contribution in [0.15, 0.2) is 28.4 Å². The molecule has 0 aliphatic carbocycles. The average Bonchev–Trinajstić information content (AvgIpc) is 2.60. The summed E-state index contributed by atoms with van der Waals surface area (Å²) in [6.07, 6.45) is 0. The highest BCUT2D eigenvalue weighted by Crippen LogP contribution is 2.36. The number of hydrogen-bond donors (Lipinski definition) is 2. The molecule has 2 N–H and O–H groups in total. The van der Waals surface area contributed by atoms with E-state index in [1.54, 1.807) is 0 Å². The first-order chi connectivity index (χ1) is 8.49. The van der Waals surface area contributed by atoms with Gasteiger partial charge in [0.2, 0.25) is 5.88 Å². The lowest BCUT2D eigenvalue weighted by atomic mass is 10.0. The van der Waals surface area contributed by atoms with Gasteiger partial charge in [-0.3, -0.25) is 4.79 Å². The first-order valence-corrected chi connectivity index (χ1v) is 5.76.